The minimum absolute atomic E-state index is 0.188. The molecule has 0 fully saturated rings. The highest BCUT2D eigenvalue weighted by atomic mass is 79.9. The van der Waals surface area contributed by atoms with Crippen molar-refractivity contribution in [1.29, 1.82) is 0 Å². The van der Waals surface area contributed by atoms with Crippen LogP contribution >= 0.6 is 43.2 Å². The molecule has 3 aromatic carbocycles. The third-order valence-corrected chi connectivity index (χ3v) is 8.95. The normalized spacial score (nSPS) is 14.7. The number of halogens is 2. The Morgan fingerprint density at radius 3 is 2.37 bits per heavy atom. The third kappa shape index (κ3) is 6.34. The van der Waals surface area contributed by atoms with Crippen LogP contribution in [0.2, 0.25) is 0 Å². The van der Waals surface area contributed by atoms with Gasteiger partial charge in [-0.2, -0.15) is 0 Å². The van der Waals surface area contributed by atoms with Crippen molar-refractivity contribution in [3.05, 3.63) is 117 Å². The van der Waals surface area contributed by atoms with Crippen molar-refractivity contribution in [2.45, 2.75) is 26.5 Å². The molecule has 0 saturated heterocycles. The van der Waals surface area contributed by atoms with Crippen molar-refractivity contribution in [1.82, 2.24) is 4.57 Å². The molecule has 0 radical (unpaired) electrons. The summed E-state index contributed by atoms with van der Waals surface area (Å²) in [6.45, 7) is 4.09. The maximum absolute atomic E-state index is 14.0. The lowest BCUT2D eigenvalue weighted by molar-refractivity contribution is -0.139. The molecule has 1 aliphatic rings. The molecule has 0 unspecified atom stereocenters. The number of aromatic nitrogens is 1. The molecule has 11 heteroatoms. The molecule has 5 rings (SSSR count). The van der Waals surface area contributed by atoms with Crippen molar-refractivity contribution in [3.63, 3.8) is 0 Å². The van der Waals surface area contributed by atoms with Gasteiger partial charge in [0.25, 0.3) is 5.56 Å². The summed E-state index contributed by atoms with van der Waals surface area (Å²) in [6.07, 6.45) is 1.80. The zero-order chi connectivity index (χ0) is 30.7. The van der Waals surface area contributed by atoms with Crippen molar-refractivity contribution >= 4 is 55.2 Å². The number of fused-ring (bicyclic) bond motifs is 1. The fourth-order valence-corrected chi connectivity index (χ4v) is 7.31. The molecule has 0 bridgehead atoms. The van der Waals surface area contributed by atoms with Gasteiger partial charge in [0, 0.05) is 0 Å². The standard InChI is InChI=1S/C32H28Br2N2O6S/c1-5-41-31(38)27-18(2)35-32-36(28(27)21-11-12-24(39-3)25(16-21)40-4)30(37)26(43-32)15-20-13-22(33)29(23(34)14-20)42-17-19-9-7-6-8-10-19/h6-16,28H,5,17H2,1-4H3/b26-15-/t28-/m0/s1. The quantitative estimate of drug-likeness (QED) is 0.199. The van der Waals surface area contributed by atoms with Crippen LogP contribution in [0.1, 0.15) is 36.6 Å². The van der Waals surface area contributed by atoms with Crippen LogP contribution in [0.4, 0.5) is 0 Å². The number of allylic oxidation sites excluding steroid dienone is 1. The Bertz CT molecular complexity index is 1880. The molecule has 222 valence electrons. The Balaban J connectivity index is 1.59. The number of thiazole rings is 1. The molecule has 4 aromatic rings. The van der Waals surface area contributed by atoms with Crippen LogP contribution in [-0.4, -0.2) is 31.4 Å². The Morgan fingerprint density at radius 2 is 1.72 bits per heavy atom. The number of nitrogens with zero attached hydrogens (tertiary/aromatic N) is 2. The molecule has 2 heterocycles. The van der Waals surface area contributed by atoms with Gasteiger partial charge in [0.1, 0.15) is 12.4 Å². The molecular formula is C32H28Br2N2O6S. The van der Waals surface area contributed by atoms with E-state index >= 15 is 0 Å². The first kappa shape index (κ1) is 30.8. The first-order chi connectivity index (χ1) is 20.7. The highest BCUT2D eigenvalue weighted by Gasteiger charge is 2.34. The number of methoxy groups -OCH3 is 2. The second-order valence-electron chi connectivity index (χ2n) is 9.50. The monoisotopic (exact) mass is 726 g/mol. The Hall–Kier alpha value is -3.67. The minimum Gasteiger partial charge on any atom is -0.493 e. The lowest BCUT2D eigenvalue weighted by Crippen LogP contribution is -2.40. The van der Waals surface area contributed by atoms with Crippen molar-refractivity contribution in [3.8, 4) is 17.2 Å². The minimum atomic E-state index is -0.774. The van der Waals surface area contributed by atoms with Gasteiger partial charge < -0.3 is 18.9 Å². The van der Waals surface area contributed by atoms with Crippen LogP contribution < -0.4 is 29.1 Å². The summed E-state index contributed by atoms with van der Waals surface area (Å²) in [6, 6.07) is 18.2. The molecule has 0 N–H and O–H groups in total. The van der Waals surface area contributed by atoms with E-state index in [0.717, 1.165) is 20.1 Å². The van der Waals surface area contributed by atoms with Gasteiger partial charge >= 0.3 is 5.97 Å². The molecule has 8 nitrogen and oxygen atoms in total. The van der Waals surface area contributed by atoms with E-state index < -0.39 is 12.0 Å². The Morgan fingerprint density at radius 1 is 1.02 bits per heavy atom. The molecule has 0 amide bonds. The fourth-order valence-electron chi connectivity index (χ4n) is 4.81. The predicted octanol–water partition coefficient (Wildman–Crippen LogP) is 5.92. The zero-order valence-electron chi connectivity index (χ0n) is 23.9. The Labute approximate surface area is 269 Å². The summed E-state index contributed by atoms with van der Waals surface area (Å²) in [5.74, 6) is 1.14. The zero-order valence-corrected chi connectivity index (χ0v) is 27.8. The molecule has 0 spiro atoms. The van der Waals surface area contributed by atoms with E-state index in [0.29, 0.717) is 50.0 Å². The molecule has 0 saturated carbocycles. The number of hydrogen-bond acceptors (Lipinski definition) is 8. The van der Waals surface area contributed by atoms with Crippen LogP contribution in [0.3, 0.4) is 0 Å². The van der Waals surface area contributed by atoms with Gasteiger partial charge in [0.05, 0.1) is 51.6 Å². The van der Waals surface area contributed by atoms with E-state index in [2.05, 4.69) is 36.9 Å². The number of rotatable bonds is 9. The topological polar surface area (TPSA) is 88.4 Å². The van der Waals surface area contributed by atoms with E-state index in [4.69, 9.17) is 18.9 Å². The van der Waals surface area contributed by atoms with Gasteiger partial charge in [-0.05, 0) is 92.7 Å². The second kappa shape index (κ2) is 13.3. The summed E-state index contributed by atoms with van der Waals surface area (Å²) in [4.78, 5) is 32.3. The highest BCUT2D eigenvalue weighted by molar-refractivity contribution is 9.11. The van der Waals surface area contributed by atoms with E-state index in [1.807, 2.05) is 48.5 Å². The summed E-state index contributed by atoms with van der Waals surface area (Å²) in [5, 5.41) is 0. The average Bonchev–Trinajstić information content (AvgIpc) is 3.29. The number of benzene rings is 3. The Kier molecular flexibility index (Phi) is 9.53. The predicted molar refractivity (Wildman–Crippen MR) is 173 cm³/mol. The molecule has 1 atom stereocenters. The van der Waals surface area contributed by atoms with Crippen molar-refractivity contribution in [2.75, 3.05) is 20.8 Å². The van der Waals surface area contributed by atoms with Crippen LogP contribution in [-0.2, 0) is 16.1 Å². The first-order valence-corrected chi connectivity index (χ1v) is 15.7. The van der Waals surface area contributed by atoms with E-state index in [1.54, 1.807) is 43.7 Å². The van der Waals surface area contributed by atoms with Crippen LogP contribution in [0.5, 0.6) is 17.2 Å². The van der Waals surface area contributed by atoms with E-state index in [9.17, 15) is 9.59 Å². The summed E-state index contributed by atoms with van der Waals surface area (Å²) >= 11 is 8.49. The first-order valence-electron chi connectivity index (χ1n) is 13.3. The SMILES string of the molecule is CCOC(=O)C1=C(C)N=c2s/c(=C\c3cc(Br)c(OCc4ccccc4)c(Br)c3)c(=O)n2[C@H]1c1ccc(OC)c(OC)c1. The number of carbonyl (C=O) groups excluding carboxylic acids is 1. The van der Waals surface area contributed by atoms with E-state index in [-0.39, 0.29) is 12.2 Å². The lowest BCUT2D eigenvalue weighted by Gasteiger charge is -2.25. The smallest absolute Gasteiger partial charge is 0.338 e. The molecular weight excluding hydrogens is 700 g/mol. The second-order valence-corrected chi connectivity index (χ2v) is 12.2. The van der Waals surface area contributed by atoms with Crippen LogP contribution in [0.25, 0.3) is 6.08 Å². The van der Waals surface area contributed by atoms with Gasteiger partial charge in [-0.3, -0.25) is 9.36 Å². The molecule has 1 aliphatic heterocycles. The number of ether oxygens (including phenoxy) is 4. The number of carbonyl (C=O) groups is 1. The van der Waals surface area contributed by atoms with Crippen LogP contribution in [0, 0.1) is 0 Å². The maximum Gasteiger partial charge on any atom is 0.338 e. The summed E-state index contributed by atoms with van der Waals surface area (Å²) < 4.78 is 25.9. The number of esters is 1. The largest absolute Gasteiger partial charge is 0.493 e. The van der Waals surface area contributed by atoms with Crippen molar-refractivity contribution in [2.24, 2.45) is 4.99 Å². The molecule has 1 aromatic heterocycles. The molecule has 43 heavy (non-hydrogen) atoms. The summed E-state index contributed by atoms with van der Waals surface area (Å²) in [5.41, 5.74) is 2.98. The average molecular weight is 728 g/mol. The van der Waals surface area contributed by atoms with Crippen LogP contribution in [0.15, 0.2) is 90.7 Å². The molecule has 0 aliphatic carbocycles. The van der Waals surface area contributed by atoms with Crippen molar-refractivity contribution < 1.29 is 23.7 Å². The third-order valence-electron chi connectivity index (χ3n) is 6.78. The fraction of sp³-hybridized carbons (Fsp3) is 0.219. The maximum atomic E-state index is 14.0. The highest BCUT2D eigenvalue weighted by Crippen LogP contribution is 2.37. The van der Waals surface area contributed by atoms with Gasteiger partial charge in [0.2, 0.25) is 0 Å². The number of hydrogen-bond donors (Lipinski definition) is 0. The van der Waals surface area contributed by atoms with Gasteiger partial charge in [-0.25, -0.2) is 9.79 Å². The van der Waals surface area contributed by atoms with Gasteiger partial charge in [0.15, 0.2) is 16.3 Å². The lowest BCUT2D eigenvalue weighted by atomic mass is 9.95. The van der Waals surface area contributed by atoms with Gasteiger partial charge in [-0.15, -0.1) is 0 Å². The van der Waals surface area contributed by atoms with Gasteiger partial charge in [-0.1, -0.05) is 47.7 Å². The summed E-state index contributed by atoms with van der Waals surface area (Å²) in [7, 11) is 3.09. The van der Waals surface area contributed by atoms with E-state index in [1.165, 1.54) is 18.4 Å².